The monoisotopic (exact) mass is 415 g/mol. The highest BCUT2D eigenvalue weighted by atomic mass is 32.2. The highest BCUT2D eigenvalue weighted by Gasteiger charge is 2.29. The molecule has 29 heavy (non-hydrogen) atoms. The molecule has 152 valence electrons. The van der Waals surface area contributed by atoms with Crippen molar-refractivity contribution >= 4 is 29.3 Å². The van der Waals surface area contributed by atoms with E-state index in [-0.39, 0.29) is 23.1 Å². The Labute approximate surface area is 172 Å². The van der Waals surface area contributed by atoms with Gasteiger partial charge in [0.05, 0.1) is 12.0 Å². The first kappa shape index (κ1) is 20.7. The Balaban J connectivity index is 1.69. The lowest BCUT2D eigenvalue weighted by molar-refractivity contribution is -0.385. The fourth-order valence-electron chi connectivity index (χ4n) is 3.17. The lowest BCUT2D eigenvalue weighted by Crippen LogP contribution is -2.50. The van der Waals surface area contributed by atoms with E-state index in [0.29, 0.717) is 37.5 Å². The topological polar surface area (TPSA) is 93.0 Å². The summed E-state index contributed by atoms with van der Waals surface area (Å²) in [6.45, 7) is 1.38. The van der Waals surface area contributed by atoms with Crippen LogP contribution in [0, 0.1) is 10.1 Å². The summed E-state index contributed by atoms with van der Waals surface area (Å²) in [4.78, 5) is 40.4. The molecule has 1 saturated heterocycles. The molecule has 0 saturated carbocycles. The molecule has 2 aromatic carbocycles. The number of carbonyl (C=O) groups excluding carboxylic acids is 2. The van der Waals surface area contributed by atoms with Crippen LogP contribution < -0.4 is 4.74 Å². The largest absolute Gasteiger partial charge is 0.497 e. The molecule has 9 heteroatoms. The molecular weight excluding hydrogens is 394 g/mol. The van der Waals surface area contributed by atoms with Crippen LogP contribution in [0.4, 0.5) is 5.69 Å². The molecule has 1 fully saturated rings. The molecule has 8 nitrogen and oxygen atoms in total. The van der Waals surface area contributed by atoms with Gasteiger partial charge in [-0.2, -0.15) is 0 Å². The van der Waals surface area contributed by atoms with Crippen molar-refractivity contribution in [3.63, 3.8) is 0 Å². The molecular formula is C20H21N3O5S. The number of rotatable bonds is 5. The van der Waals surface area contributed by atoms with Gasteiger partial charge in [0.2, 0.25) is 0 Å². The number of thioether (sulfide) groups is 1. The van der Waals surface area contributed by atoms with Crippen LogP contribution in [-0.2, 0) is 0 Å². The maximum absolute atomic E-state index is 12.9. The summed E-state index contributed by atoms with van der Waals surface area (Å²) in [6.07, 6.45) is 1.85. The third-order valence-electron chi connectivity index (χ3n) is 4.82. The summed E-state index contributed by atoms with van der Waals surface area (Å²) < 4.78 is 5.10. The van der Waals surface area contributed by atoms with Crippen LogP contribution in [-0.4, -0.2) is 66.1 Å². The molecule has 0 aromatic heterocycles. The van der Waals surface area contributed by atoms with E-state index in [1.54, 1.807) is 53.3 Å². The van der Waals surface area contributed by atoms with Crippen LogP contribution in [0.15, 0.2) is 47.4 Å². The molecule has 0 unspecified atom stereocenters. The zero-order chi connectivity index (χ0) is 21.0. The average Bonchev–Trinajstić information content (AvgIpc) is 2.77. The second-order valence-electron chi connectivity index (χ2n) is 6.45. The highest BCUT2D eigenvalue weighted by Crippen LogP contribution is 2.26. The van der Waals surface area contributed by atoms with Crippen molar-refractivity contribution in [2.45, 2.75) is 4.90 Å². The van der Waals surface area contributed by atoms with Gasteiger partial charge in [0, 0.05) is 42.7 Å². The van der Waals surface area contributed by atoms with Gasteiger partial charge in [0.25, 0.3) is 17.5 Å². The van der Waals surface area contributed by atoms with E-state index in [1.807, 2.05) is 6.26 Å². The summed E-state index contributed by atoms with van der Waals surface area (Å²) in [7, 11) is 1.56. The number of carbonyl (C=O) groups is 2. The van der Waals surface area contributed by atoms with Gasteiger partial charge < -0.3 is 14.5 Å². The predicted molar refractivity (Wildman–Crippen MR) is 110 cm³/mol. The number of nitro groups is 1. The maximum atomic E-state index is 12.9. The summed E-state index contributed by atoms with van der Waals surface area (Å²) in [5.74, 6) is 0.172. The Morgan fingerprint density at radius 3 is 2.10 bits per heavy atom. The van der Waals surface area contributed by atoms with E-state index in [2.05, 4.69) is 0 Å². The van der Waals surface area contributed by atoms with Gasteiger partial charge in [-0.15, -0.1) is 11.8 Å². The van der Waals surface area contributed by atoms with E-state index in [9.17, 15) is 19.7 Å². The fourth-order valence-corrected chi connectivity index (χ4v) is 3.61. The SMILES string of the molecule is COc1ccc(C(=O)N2CCN(C(=O)c3cc(SC)ccc3[N+](=O)[O-])CC2)cc1. The summed E-state index contributed by atoms with van der Waals surface area (Å²) in [5.41, 5.74) is 0.426. The number of methoxy groups -OCH3 is 1. The first-order valence-corrected chi connectivity index (χ1v) is 10.2. The first-order valence-electron chi connectivity index (χ1n) is 8.99. The number of hydrogen-bond acceptors (Lipinski definition) is 6. The van der Waals surface area contributed by atoms with Crippen molar-refractivity contribution < 1.29 is 19.2 Å². The number of piperazine rings is 1. The lowest BCUT2D eigenvalue weighted by atomic mass is 10.1. The van der Waals surface area contributed by atoms with Crippen molar-refractivity contribution in [3.05, 3.63) is 63.7 Å². The third-order valence-corrected chi connectivity index (χ3v) is 5.55. The fraction of sp³-hybridized carbons (Fsp3) is 0.300. The van der Waals surface area contributed by atoms with Gasteiger partial charge in [0.1, 0.15) is 11.3 Å². The molecule has 2 amide bonds. The zero-order valence-corrected chi connectivity index (χ0v) is 17.0. The Hall–Kier alpha value is -3.07. The van der Waals surface area contributed by atoms with Crippen LogP contribution >= 0.6 is 11.8 Å². The molecule has 0 spiro atoms. The van der Waals surface area contributed by atoms with Gasteiger partial charge in [-0.05, 0) is 42.7 Å². The van der Waals surface area contributed by atoms with E-state index >= 15 is 0 Å². The van der Waals surface area contributed by atoms with Crippen LogP contribution in [0.2, 0.25) is 0 Å². The summed E-state index contributed by atoms with van der Waals surface area (Å²) in [6, 6.07) is 11.4. The number of nitro benzene ring substituents is 1. The molecule has 0 bridgehead atoms. The Bertz CT molecular complexity index is 924. The van der Waals surface area contributed by atoms with Crippen molar-refractivity contribution in [2.75, 3.05) is 39.5 Å². The maximum Gasteiger partial charge on any atom is 0.282 e. The van der Waals surface area contributed by atoms with Gasteiger partial charge >= 0.3 is 0 Å². The number of nitrogens with zero attached hydrogens (tertiary/aromatic N) is 3. The number of benzene rings is 2. The van der Waals surface area contributed by atoms with Gasteiger partial charge in [-0.1, -0.05) is 0 Å². The van der Waals surface area contributed by atoms with Gasteiger partial charge in [-0.25, -0.2) is 0 Å². The molecule has 0 atom stereocenters. The average molecular weight is 415 g/mol. The molecule has 1 aliphatic rings. The van der Waals surface area contributed by atoms with E-state index < -0.39 is 4.92 Å². The predicted octanol–water partition coefficient (Wildman–Crippen LogP) is 2.92. The van der Waals surface area contributed by atoms with E-state index in [0.717, 1.165) is 4.90 Å². The molecule has 0 radical (unpaired) electrons. The number of amides is 2. The third kappa shape index (κ3) is 4.51. The van der Waals surface area contributed by atoms with Crippen molar-refractivity contribution in [2.24, 2.45) is 0 Å². The van der Waals surface area contributed by atoms with Crippen LogP contribution in [0.5, 0.6) is 5.75 Å². The van der Waals surface area contributed by atoms with Crippen molar-refractivity contribution in [1.29, 1.82) is 0 Å². The van der Waals surface area contributed by atoms with E-state index in [4.69, 9.17) is 4.74 Å². The molecule has 2 aromatic rings. The number of ether oxygens (including phenoxy) is 1. The molecule has 3 rings (SSSR count). The quantitative estimate of drug-likeness (QED) is 0.423. The highest BCUT2D eigenvalue weighted by molar-refractivity contribution is 7.98. The number of hydrogen-bond donors (Lipinski definition) is 0. The van der Waals surface area contributed by atoms with Crippen LogP contribution in [0.25, 0.3) is 0 Å². The second kappa shape index (κ2) is 8.95. The van der Waals surface area contributed by atoms with Gasteiger partial charge in [0.15, 0.2) is 0 Å². The summed E-state index contributed by atoms with van der Waals surface area (Å²) in [5, 5.41) is 11.3. The Morgan fingerprint density at radius 1 is 1.00 bits per heavy atom. The minimum atomic E-state index is -0.541. The van der Waals surface area contributed by atoms with E-state index in [1.165, 1.54) is 17.8 Å². The minimum Gasteiger partial charge on any atom is -0.497 e. The Kier molecular flexibility index (Phi) is 6.38. The van der Waals surface area contributed by atoms with Crippen molar-refractivity contribution in [3.8, 4) is 5.75 Å². The first-order chi connectivity index (χ1) is 13.9. The van der Waals surface area contributed by atoms with Gasteiger partial charge in [-0.3, -0.25) is 19.7 Å². The van der Waals surface area contributed by atoms with Crippen molar-refractivity contribution in [1.82, 2.24) is 9.80 Å². The molecule has 0 aliphatic carbocycles. The lowest BCUT2D eigenvalue weighted by Gasteiger charge is -2.34. The summed E-state index contributed by atoms with van der Waals surface area (Å²) >= 11 is 1.42. The zero-order valence-electron chi connectivity index (χ0n) is 16.2. The standard InChI is InChI=1S/C20H21N3O5S/c1-28-15-5-3-14(4-6-15)19(24)21-9-11-22(12-10-21)20(25)17-13-16(29-2)7-8-18(17)23(26)27/h3-8,13H,9-12H2,1-2H3. The normalized spacial score (nSPS) is 13.9. The Morgan fingerprint density at radius 2 is 1.59 bits per heavy atom. The van der Waals surface area contributed by atoms with Crippen LogP contribution in [0.3, 0.4) is 0 Å². The second-order valence-corrected chi connectivity index (χ2v) is 7.33. The molecule has 1 heterocycles. The van der Waals surface area contributed by atoms with Crippen LogP contribution in [0.1, 0.15) is 20.7 Å². The smallest absolute Gasteiger partial charge is 0.282 e. The minimum absolute atomic E-state index is 0.0804. The molecule has 0 N–H and O–H groups in total. The molecule has 1 aliphatic heterocycles.